The average molecular weight is 240 g/mol. The molecule has 1 fully saturated rings. The van der Waals surface area contributed by atoms with Crippen LogP contribution in [-0.2, 0) is 4.74 Å². The molecule has 16 heavy (non-hydrogen) atoms. The molecule has 0 saturated carbocycles. The van der Waals surface area contributed by atoms with Crippen molar-refractivity contribution in [2.75, 3.05) is 25.1 Å². The first-order valence-electron chi connectivity index (χ1n) is 5.84. The van der Waals surface area contributed by atoms with E-state index in [2.05, 4.69) is 5.32 Å². The van der Waals surface area contributed by atoms with E-state index in [1.807, 2.05) is 25.1 Å². The molecule has 1 heterocycles. The Hall–Kier alpha value is -0.730. The van der Waals surface area contributed by atoms with E-state index in [-0.39, 0.29) is 0 Å². The molecule has 0 radical (unpaired) electrons. The van der Waals surface area contributed by atoms with Crippen molar-refractivity contribution >= 4 is 17.3 Å². The van der Waals surface area contributed by atoms with E-state index >= 15 is 0 Å². The van der Waals surface area contributed by atoms with Crippen molar-refractivity contribution in [3.8, 4) is 0 Å². The number of rotatable bonds is 3. The van der Waals surface area contributed by atoms with Gasteiger partial charge in [0.25, 0.3) is 0 Å². The van der Waals surface area contributed by atoms with Crippen LogP contribution in [0.4, 0.5) is 5.69 Å². The van der Waals surface area contributed by atoms with Gasteiger partial charge in [-0.2, -0.15) is 0 Å². The normalized spacial score (nSPS) is 17.4. The largest absolute Gasteiger partial charge is 0.384 e. The second-order valence-corrected chi connectivity index (χ2v) is 4.75. The van der Waals surface area contributed by atoms with Crippen molar-refractivity contribution in [2.24, 2.45) is 5.92 Å². The fourth-order valence-electron chi connectivity index (χ4n) is 1.99. The second kappa shape index (κ2) is 5.55. The molecule has 0 aromatic heterocycles. The van der Waals surface area contributed by atoms with E-state index in [4.69, 9.17) is 16.3 Å². The van der Waals surface area contributed by atoms with Gasteiger partial charge in [-0.15, -0.1) is 0 Å². The summed E-state index contributed by atoms with van der Waals surface area (Å²) in [7, 11) is 0. The maximum Gasteiger partial charge on any atom is 0.0666 e. The fraction of sp³-hybridized carbons (Fsp3) is 0.538. The fourth-order valence-corrected chi connectivity index (χ4v) is 2.18. The van der Waals surface area contributed by atoms with Gasteiger partial charge in [-0.05, 0) is 37.3 Å². The predicted molar refractivity (Wildman–Crippen MR) is 68.2 cm³/mol. The molecule has 2 nitrogen and oxygen atoms in total. The van der Waals surface area contributed by atoms with Crippen LogP contribution in [0, 0.1) is 12.8 Å². The molecule has 88 valence electrons. The third-order valence-electron chi connectivity index (χ3n) is 3.11. The summed E-state index contributed by atoms with van der Waals surface area (Å²) in [6.07, 6.45) is 2.30. The minimum Gasteiger partial charge on any atom is -0.384 e. The molecule has 0 unspecified atom stereocenters. The molecule has 0 aliphatic carbocycles. The van der Waals surface area contributed by atoms with Gasteiger partial charge < -0.3 is 10.1 Å². The second-order valence-electron chi connectivity index (χ2n) is 4.37. The lowest BCUT2D eigenvalue weighted by Gasteiger charge is -2.23. The summed E-state index contributed by atoms with van der Waals surface area (Å²) < 4.78 is 5.34. The number of hydrogen-bond donors (Lipinski definition) is 1. The van der Waals surface area contributed by atoms with Gasteiger partial charge in [0.05, 0.1) is 10.7 Å². The smallest absolute Gasteiger partial charge is 0.0666 e. The number of nitrogens with one attached hydrogen (secondary N) is 1. The molecule has 1 aliphatic rings. The zero-order valence-corrected chi connectivity index (χ0v) is 10.4. The van der Waals surface area contributed by atoms with Gasteiger partial charge in [0, 0.05) is 19.8 Å². The maximum atomic E-state index is 6.22. The van der Waals surface area contributed by atoms with E-state index in [9.17, 15) is 0 Å². The first kappa shape index (κ1) is 11.7. The standard InChI is InChI=1S/C13H18ClNO/c1-10-3-2-4-12(13(10)14)15-9-11-5-7-16-8-6-11/h2-4,11,15H,5-9H2,1H3. The third kappa shape index (κ3) is 2.89. The lowest BCUT2D eigenvalue weighted by molar-refractivity contribution is 0.0699. The van der Waals surface area contributed by atoms with Crippen molar-refractivity contribution in [1.29, 1.82) is 0 Å². The molecule has 1 aromatic carbocycles. The van der Waals surface area contributed by atoms with Crippen molar-refractivity contribution in [3.05, 3.63) is 28.8 Å². The zero-order valence-electron chi connectivity index (χ0n) is 9.63. The highest BCUT2D eigenvalue weighted by Crippen LogP contribution is 2.26. The van der Waals surface area contributed by atoms with Crippen LogP contribution in [0.3, 0.4) is 0 Å². The van der Waals surface area contributed by atoms with Gasteiger partial charge in [0.1, 0.15) is 0 Å². The Balaban J connectivity index is 1.91. The van der Waals surface area contributed by atoms with Crippen LogP contribution < -0.4 is 5.32 Å². The highest BCUT2D eigenvalue weighted by Gasteiger charge is 2.13. The lowest BCUT2D eigenvalue weighted by Crippen LogP contribution is -2.22. The van der Waals surface area contributed by atoms with Gasteiger partial charge in [-0.1, -0.05) is 23.7 Å². The van der Waals surface area contributed by atoms with E-state index < -0.39 is 0 Å². The van der Waals surface area contributed by atoms with Crippen molar-refractivity contribution in [3.63, 3.8) is 0 Å². The van der Waals surface area contributed by atoms with Crippen LogP contribution in [-0.4, -0.2) is 19.8 Å². The Kier molecular flexibility index (Phi) is 4.08. The average Bonchev–Trinajstić information content (AvgIpc) is 2.32. The van der Waals surface area contributed by atoms with Gasteiger partial charge >= 0.3 is 0 Å². The van der Waals surface area contributed by atoms with E-state index in [1.54, 1.807) is 0 Å². The van der Waals surface area contributed by atoms with E-state index in [0.717, 1.165) is 48.9 Å². The van der Waals surface area contributed by atoms with Crippen LogP contribution in [0.5, 0.6) is 0 Å². The summed E-state index contributed by atoms with van der Waals surface area (Å²) in [6.45, 7) is 4.82. The van der Waals surface area contributed by atoms with Gasteiger partial charge in [0.15, 0.2) is 0 Å². The highest BCUT2D eigenvalue weighted by molar-refractivity contribution is 6.33. The van der Waals surface area contributed by atoms with Crippen molar-refractivity contribution in [2.45, 2.75) is 19.8 Å². The Bertz CT molecular complexity index is 348. The Labute approximate surface area is 102 Å². The molecule has 1 N–H and O–H groups in total. The topological polar surface area (TPSA) is 21.3 Å². The summed E-state index contributed by atoms with van der Waals surface area (Å²) in [6, 6.07) is 6.10. The minimum absolute atomic E-state index is 0.713. The number of anilines is 1. The predicted octanol–water partition coefficient (Wildman–Crippen LogP) is 3.49. The van der Waals surface area contributed by atoms with Gasteiger partial charge in [-0.3, -0.25) is 0 Å². The van der Waals surface area contributed by atoms with Crippen molar-refractivity contribution < 1.29 is 4.74 Å². The lowest BCUT2D eigenvalue weighted by atomic mass is 10.0. The number of halogens is 1. The molecule has 3 heteroatoms. The summed E-state index contributed by atoms with van der Waals surface area (Å²) >= 11 is 6.22. The van der Waals surface area contributed by atoms with Crippen LogP contribution >= 0.6 is 11.6 Å². The number of ether oxygens (including phenoxy) is 1. The summed E-state index contributed by atoms with van der Waals surface area (Å²) in [5.41, 5.74) is 2.17. The first-order chi connectivity index (χ1) is 7.77. The van der Waals surface area contributed by atoms with Crippen LogP contribution in [0.25, 0.3) is 0 Å². The third-order valence-corrected chi connectivity index (χ3v) is 3.62. The molecule has 0 atom stereocenters. The molecule has 1 saturated heterocycles. The SMILES string of the molecule is Cc1cccc(NCC2CCOCC2)c1Cl. The van der Waals surface area contributed by atoms with E-state index in [0.29, 0.717) is 5.92 Å². The zero-order chi connectivity index (χ0) is 11.4. The molecule has 0 bridgehead atoms. The Morgan fingerprint density at radius 3 is 2.88 bits per heavy atom. The molecule has 1 aromatic rings. The molecular weight excluding hydrogens is 222 g/mol. The summed E-state index contributed by atoms with van der Waals surface area (Å²) in [4.78, 5) is 0. The molecule has 1 aliphatic heterocycles. The summed E-state index contributed by atoms with van der Waals surface area (Å²) in [5, 5.41) is 4.28. The van der Waals surface area contributed by atoms with E-state index in [1.165, 1.54) is 0 Å². The van der Waals surface area contributed by atoms with Crippen LogP contribution in [0.1, 0.15) is 18.4 Å². The molecule has 0 spiro atoms. The summed E-state index contributed by atoms with van der Waals surface area (Å²) in [5.74, 6) is 0.713. The highest BCUT2D eigenvalue weighted by atomic mass is 35.5. The van der Waals surface area contributed by atoms with Crippen molar-refractivity contribution in [1.82, 2.24) is 0 Å². The molecular formula is C13H18ClNO. The molecule has 0 amide bonds. The van der Waals surface area contributed by atoms with Gasteiger partial charge in [0.2, 0.25) is 0 Å². The quantitative estimate of drug-likeness (QED) is 0.872. The number of hydrogen-bond acceptors (Lipinski definition) is 2. The van der Waals surface area contributed by atoms with Crippen LogP contribution in [0.15, 0.2) is 18.2 Å². The molecule has 2 rings (SSSR count). The Morgan fingerprint density at radius 2 is 2.12 bits per heavy atom. The maximum absolute atomic E-state index is 6.22. The Morgan fingerprint density at radius 1 is 1.38 bits per heavy atom. The first-order valence-corrected chi connectivity index (χ1v) is 6.22. The minimum atomic E-state index is 0.713. The monoisotopic (exact) mass is 239 g/mol. The van der Waals surface area contributed by atoms with Gasteiger partial charge in [-0.25, -0.2) is 0 Å². The number of aryl methyl sites for hydroxylation is 1. The number of benzene rings is 1. The van der Waals surface area contributed by atoms with Crippen LogP contribution in [0.2, 0.25) is 5.02 Å².